The van der Waals surface area contributed by atoms with E-state index >= 15 is 0 Å². The normalized spacial score (nSPS) is 12.2. The molecule has 4 rings (SSSR count). The van der Waals surface area contributed by atoms with E-state index in [0.717, 1.165) is 16.8 Å². The summed E-state index contributed by atoms with van der Waals surface area (Å²) in [6, 6.07) is 19.1. The van der Waals surface area contributed by atoms with Gasteiger partial charge in [0.15, 0.2) is 0 Å². The number of phenols is 1. The standard InChI is InChI=1S/C20H17N3O2/c1-13(14-6-3-2-4-7-14)23-19-17-11-18(25-20(17)22-12-21-19)15-8-5-9-16(24)10-15/h2-13,24H,1H3,(H,21,22,23)/t13-/m1/s1. The Balaban J connectivity index is 1.70. The van der Waals surface area contributed by atoms with Gasteiger partial charge in [-0.05, 0) is 30.7 Å². The van der Waals surface area contributed by atoms with E-state index in [9.17, 15) is 5.11 Å². The summed E-state index contributed by atoms with van der Waals surface area (Å²) in [6.07, 6.45) is 1.48. The molecule has 0 bridgehead atoms. The molecule has 0 radical (unpaired) electrons. The topological polar surface area (TPSA) is 71.2 Å². The van der Waals surface area contributed by atoms with Gasteiger partial charge in [-0.15, -0.1) is 0 Å². The number of nitrogens with zero attached hydrogens (tertiary/aromatic N) is 2. The third kappa shape index (κ3) is 3.04. The van der Waals surface area contributed by atoms with Crippen LogP contribution in [0.15, 0.2) is 71.4 Å². The van der Waals surface area contributed by atoms with Crippen molar-refractivity contribution in [3.8, 4) is 17.1 Å². The Labute approximate surface area is 145 Å². The number of fused-ring (bicyclic) bond motifs is 1. The molecule has 0 amide bonds. The summed E-state index contributed by atoms with van der Waals surface area (Å²) in [4.78, 5) is 8.58. The van der Waals surface area contributed by atoms with Crippen molar-refractivity contribution in [1.29, 1.82) is 0 Å². The zero-order valence-electron chi connectivity index (χ0n) is 13.7. The van der Waals surface area contributed by atoms with Gasteiger partial charge in [0.25, 0.3) is 0 Å². The molecule has 5 nitrogen and oxygen atoms in total. The van der Waals surface area contributed by atoms with Crippen molar-refractivity contribution in [2.45, 2.75) is 13.0 Å². The Hall–Kier alpha value is -3.34. The number of benzene rings is 2. The Morgan fingerprint density at radius 2 is 1.84 bits per heavy atom. The van der Waals surface area contributed by atoms with Gasteiger partial charge in [-0.3, -0.25) is 0 Å². The summed E-state index contributed by atoms with van der Waals surface area (Å²) >= 11 is 0. The largest absolute Gasteiger partial charge is 0.508 e. The third-order valence-electron chi connectivity index (χ3n) is 4.11. The van der Waals surface area contributed by atoms with Crippen LogP contribution in [0.3, 0.4) is 0 Å². The van der Waals surface area contributed by atoms with E-state index in [2.05, 4.69) is 34.3 Å². The Morgan fingerprint density at radius 1 is 1.00 bits per heavy atom. The Morgan fingerprint density at radius 3 is 2.64 bits per heavy atom. The maximum Gasteiger partial charge on any atom is 0.231 e. The summed E-state index contributed by atoms with van der Waals surface area (Å²) < 4.78 is 5.83. The van der Waals surface area contributed by atoms with Gasteiger partial charge >= 0.3 is 0 Å². The number of nitrogens with one attached hydrogen (secondary N) is 1. The molecule has 4 aromatic rings. The highest BCUT2D eigenvalue weighted by Crippen LogP contribution is 2.32. The van der Waals surface area contributed by atoms with Gasteiger partial charge in [-0.1, -0.05) is 42.5 Å². The lowest BCUT2D eigenvalue weighted by Crippen LogP contribution is -2.08. The van der Waals surface area contributed by atoms with Crippen LogP contribution in [0, 0.1) is 0 Å². The van der Waals surface area contributed by atoms with Gasteiger partial charge in [0, 0.05) is 11.6 Å². The van der Waals surface area contributed by atoms with E-state index in [4.69, 9.17) is 4.42 Å². The highest BCUT2D eigenvalue weighted by molar-refractivity contribution is 5.89. The van der Waals surface area contributed by atoms with Crippen molar-refractivity contribution in [2.24, 2.45) is 0 Å². The molecule has 124 valence electrons. The van der Waals surface area contributed by atoms with E-state index in [0.29, 0.717) is 11.5 Å². The van der Waals surface area contributed by atoms with Crippen LogP contribution in [0.2, 0.25) is 0 Å². The number of rotatable bonds is 4. The van der Waals surface area contributed by atoms with Crippen LogP contribution < -0.4 is 5.32 Å². The molecule has 0 aliphatic carbocycles. The predicted octanol–water partition coefficient (Wildman–Crippen LogP) is 4.77. The van der Waals surface area contributed by atoms with Crippen LogP contribution in [0.4, 0.5) is 5.82 Å². The first kappa shape index (κ1) is 15.2. The first-order valence-electron chi connectivity index (χ1n) is 8.06. The monoisotopic (exact) mass is 331 g/mol. The summed E-state index contributed by atoms with van der Waals surface area (Å²) in [7, 11) is 0. The average molecular weight is 331 g/mol. The quantitative estimate of drug-likeness (QED) is 0.564. The fourth-order valence-corrected chi connectivity index (χ4v) is 2.80. The van der Waals surface area contributed by atoms with Crippen LogP contribution in [-0.4, -0.2) is 15.1 Å². The molecule has 0 saturated heterocycles. The summed E-state index contributed by atoms with van der Waals surface area (Å²) in [5, 5.41) is 13.9. The van der Waals surface area contributed by atoms with E-state index in [1.54, 1.807) is 18.2 Å². The van der Waals surface area contributed by atoms with Gasteiger partial charge in [0.05, 0.1) is 5.39 Å². The highest BCUT2D eigenvalue weighted by Gasteiger charge is 2.14. The second-order valence-electron chi connectivity index (χ2n) is 5.88. The van der Waals surface area contributed by atoms with E-state index < -0.39 is 0 Å². The molecule has 2 heterocycles. The molecular formula is C20H17N3O2. The summed E-state index contributed by atoms with van der Waals surface area (Å²) in [5.41, 5.74) is 2.47. The fourth-order valence-electron chi connectivity index (χ4n) is 2.80. The van der Waals surface area contributed by atoms with Gasteiger partial charge in [0.2, 0.25) is 5.71 Å². The predicted molar refractivity (Wildman–Crippen MR) is 97.4 cm³/mol. The molecule has 2 aromatic heterocycles. The zero-order chi connectivity index (χ0) is 17.2. The van der Waals surface area contributed by atoms with Crippen LogP contribution in [0.25, 0.3) is 22.4 Å². The van der Waals surface area contributed by atoms with Crippen molar-refractivity contribution in [2.75, 3.05) is 5.32 Å². The molecule has 25 heavy (non-hydrogen) atoms. The molecule has 5 heteroatoms. The number of hydrogen-bond donors (Lipinski definition) is 2. The molecule has 1 atom stereocenters. The average Bonchev–Trinajstić information content (AvgIpc) is 3.08. The number of phenolic OH excluding ortho intramolecular Hbond substituents is 1. The number of anilines is 1. The second-order valence-corrected chi connectivity index (χ2v) is 5.88. The number of aromatic nitrogens is 2. The minimum atomic E-state index is 0.0958. The van der Waals surface area contributed by atoms with Crippen LogP contribution in [-0.2, 0) is 0 Å². The molecule has 0 aliphatic heterocycles. The Bertz CT molecular complexity index is 1010. The van der Waals surface area contributed by atoms with Crippen molar-refractivity contribution < 1.29 is 9.52 Å². The van der Waals surface area contributed by atoms with E-state index in [1.165, 1.54) is 11.9 Å². The number of hydrogen-bond acceptors (Lipinski definition) is 5. The van der Waals surface area contributed by atoms with Crippen molar-refractivity contribution >= 4 is 16.9 Å². The molecule has 0 fully saturated rings. The van der Waals surface area contributed by atoms with Gasteiger partial charge in [-0.2, -0.15) is 0 Å². The number of aromatic hydroxyl groups is 1. The zero-order valence-corrected chi connectivity index (χ0v) is 13.7. The Kier molecular flexibility index (Phi) is 3.82. The van der Waals surface area contributed by atoms with Gasteiger partial charge < -0.3 is 14.8 Å². The summed E-state index contributed by atoms with van der Waals surface area (Å²) in [6.45, 7) is 2.08. The van der Waals surface area contributed by atoms with E-state index in [1.807, 2.05) is 30.3 Å². The van der Waals surface area contributed by atoms with Crippen LogP contribution >= 0.6 is 0 Å². The maximum atomic E-state index is 9.67. The lowest BCUT2D eigenvalue weighted by Gasteiger charge is -2.14. The van der Waals surface area contributed by atoms with E-state index in [-0.39, 0.29) is 11.8 Å². The van der Waals surface area contributed by atoms with Crippen molar-refractivity contribution in [3.63, 3.8) is 0 Å². The lowest BCUT2D eigenvalue weighted by molar-refractivity contribution is 0.475. The SMILES string of the molecule is C[C@@H](Nc1ncnc2oc(-c3cccc(O)c3)cc12)c1ccccc1. The first-order valence-corrected chi connectivity index (χ1v) is 8.06. The van der Waals surface area contributed by atoms with Gasteiger partial charge in [0.1, 0.15) is 23.7 Å². The van der Waals surface area contributed by atoms with Crippen molar-refractivity contribution in [3.05, 3.63) is 72.6 Å². The molecule has 0 spiro atoms. The summed E-state index contributed by atoms with van der Waals surface area (Å²) in [5.74, 6) is 1.55. The smallest absolute Gasteiger partial charge is 0.231 e. The van der Waals surface area contributed by atoms with Gasteiger partial charge in [-0.25, -0.2) is 9.97 Å². The van der Waals surface area contributed by atoms with Crippen LogP contribution in [0.5, 0.6) is 5.75 Å². The number of furan rings is 1. The molecule has 2 N–H and O–H groups in total. The molecular weight excluding hydrogens is 314 g/mol. The first-order chi connectivity index (χ1) is 12.2. The third-order valence-corrected chi connectivity index (χ3v) is 4.11. The van der Waals surface area contributed by atoms with Crippen molar-refractivity contribution in [1.82, 2.24) is 9.97 Å². The second kappa shape index (κ2) is 6.28. The minimum absolute atomic E-state index is 0.0958. The fraction of sp³-hybridized carbons (Fsp3) is 0.100. The molecule has 0 unspecified atom stereocenters. The molecule has 0 saturated carbocycles. The maximum absolute atomic E-state index is 9.67. The minimum Gasteiger partial charge on any atom is -0.508 e. The van der Waals surface area contributed by atoms with Crippen LogP contribution in [0.1, 0.15) is 18.5 Å². The molecule has 0 aliphatic rings. The highest BCUT2D eigenvalue weighted by atomic mass is 16.3. The molecule has 2 aromatic carbocycles. The lowest BCUT2D eigenvalue weighted by atomic mass is 10.1.